The molecule has 8 nitrogen and oxygen atoms in total. The first kappa shape index (κ1) is 17.9. The number of ether oxygens (including phenoxy) is 1. The summed E-state index contributed by atoms with van der Waals surface area (Å²) in [5.74, 6) is 0.988. The minimum atomic E-state index is -0.103. The molecule has 1 atom stereocenters. The molecule has 1 unspecified atom stereocenters. The number of amides is 2. The van der Waals surface area contributed by atoms with E-state index in [4.69, 9.17) is 4.74 Å². The van der Waals surface area contributed by atoms with Gasteiger partial charge in [-0.05, 0) is 13.0 Å². The Hall–Kier alpha value is -2.90. The average Bonchev–Trinajstić information content (AvgIpc) is 3.29. The SMILES string of the molecule is CCn1ccnc1C(=O)N1CCC(Oc2ccnc(CNC(C)=O)c2)C1. The summed E-state index contributed by atoms with van der Waals surface area (Å²) in [7, 11) is 0. The number of hydrogen-bond acceptors (Lipinski definition) is 5. The van der Waals surface area contributed by atoms with Crippen LogP contribution in [0.4, 0.5) is 0 Å². The van der Waals surface area contributed by atoms with E-state index in [1.807, 2.05) is 23.8 Å². The van der Waals surface area contributed by atoms with Crippen molar-refractivity contribution in [1.29, 1.82) is 0 Å². The second-order valence-electron chi connectivity index (χ2n) is 6.21. The first-order valence-electron chi connectivity index (χ1n) is 8.73. The van der Waals surface area contributed by atoms with E-state index in [1.165, 1.54) is 6.92 Å². The van der Waals surface area contributed by atoms with Crippen LogP contribution >= 0.6 is 0 Å². The van der Waals surface area contributed by atoms with Crippen LogP contribution in [0.2, 0.25) is 0 Å². The number of likely N-dealkylation sites (tertiary alicyclic amines) is 1. The van der Waals surface area contributed by atoms with Crippen LogP contribution in [0.15, 0.2) is 30.7 Å². The number of carbonyl (C=O) groups is 2. The van der Waals surface area contributed by atoms with Crippen LogP contribution in [0.5, 0.6) is 5.75 Å². The Kier molecular flexibility index (Phi) is 5.50. The van der Waals surface area contributed by atoms with Gasteiger partial charge in [0, 0.05) is 51.1 Å². The molecule has 0 spiro atoms. The van der Waals surface area contributed by atoms with Gasteiger partial charge in [-0.3, -0.25) is 14.6 Å². The molecule has 1 aliphatic rings. The Bertz CT molecular complexity index is 789. The zero-order chi connectivity index (χ0) is 18.5. The van der Waals surface area contributed by atoms with Crippen LogP contribution in [0.25, 0.3) is 0 Å². The Morgan fingerprint density at radius 1 is 1.35 bits per heavy atom. The van der Waals surface area contributed by atoms with E-state index < -0.39 is 0 Å². The highest BCUT2D eigenvalue weighted by molar-refractivity contribution is 5.91. The van der Waals surface area contributed by atoms with Crippen LogP contribution in [0, 0.1) is 0 Å². The highest BCUT2D eigenvalue weighted by Crippen LogP contribution is 2.20. The largest absolute Gasteiger partial charge is 0.488 e. The molecule has 0 aliphatic carbocycles. The molecule has 8 heteroatoms. The van der Waals surface area contributed by atoms with Crippen molar-refractivity contribution in [2.24, 2.45) is 0 Å². The third-order valence-corrected chi connectivity index (χ3v) is 4.29. The van der Waals surface area contributed by atoms with Crippen LogP contribution in [-0.4, -0.2) is 50.4 Å². The molecule has 3 heterocycles. The number of aryl methyl sites for hydroxylation is 1. The van der Waals surface area contributed by atoms with E-state index in [0.717, 1.165) is 12.1 Å². The van der Waals surface area contributed by atoms with Gasteiger partial charge in [0.2, 0.25) is 5.91 Å². The number of carbonyl (C=O) groups excluding carboxylic acids is 2. The van der Waals surface area contributed by atoms with Crippen molar-refractivity contribution in [2.45, 2.75) is 39.5 Å². The van der Waals surface area contributed by atoms with Crippen molar-refractivity contribution in [1.82, 2.24) is 24.8 Å². The van der Waals surface area contributed by atoms with Crippen LogP contribution in [0.3, 0.4) is 0 Å². The first-order valence-corrected chi connectivity index (χ1v) is 8.73. The average molecular weight is 357 g/mol. The number of pyridine rings is 1. The van der Waals surface area contributed by atoms with Crippen molar-refractivity contribution in [3.8, 4) is 5.75 Å². The summed E-state index contributed by atoms with van der Waals surface area (Å²) in [5, 5.41) is 2.71. The predicted molar refractivity (Wildman–Crippen MR) is 94.6 cm³/mol. The van der Waals surface area contributed by atoms with Gasteiger partial charge in [0.25, 0.3) is 5.91 Å². The molecule has 1 aliphatic heterocycles. The molecule has 138 valence electrons. The number of imidazole rings is 1. The van der Waals surface area contributed by atoms with Gasteiger partial charge in [-0.1, -0.05) is 0 Å². The standard InChI is InChI=1S/C18H23N5O3/c1-3-22-9-7-20-17(22)18(25)23-8-5-16(12-23)26-15-4-6-19-14(10-15)11-21-13(2)24/h4,6-7,9-10,16H,3,5,8,11-12H2,1-2H3,(H,21,24). The van der Waals surface area contributed by atoms with Crippen LogP contribution in [-0.2, 0) is 17.9 Å². The predicted octanol–water partition coefficient (Wildman–Crippen LogP) is 1.23. The zero-order valence-corrected chi connectivity index (χ0v) is 15.0. The zero-order valence-electron chi connectivity index (χ0n) is 15.0. The third kappa shape index (κ3) is 4.19. The molecule has 0 bridgehead atoms. The number of nitrogens with one attached hydrogen (secondary N) is 1. The lowest BCUT2D eigenvalue weighted by molar-refractivity contribution is -0.119. The van der Waals surface area contributed by atoms with Gasteiger partial charge in [-0.15, -0.1) is 0 Å². The summed E-state index contributed by atoms with van der Waals surface area (Å²) < 4.78 is 7.84. The molecule has 3 rings (SSSR count). The smallest absolute Gasteiger partial charge is 0.289 e. The van der Waals surface area contributed by atoms with E-state index in [9.17, 15) is 9.59 Å². The van der Waals surface area contributed by atoms with Gasteiger partial charge in [0.1, 0.15) is 11.9 Å². The minimum absolute atomic E-state index is 0.0657. The normalized spacial score (nSPS) is 16.5. The number of hydrogen-bond donors (Lipinski definition) is 1. The molecule has 2 aromatic rings. The van der Waals surface area contributed by atoms with Gasteiger partial charge < -0.3 is 19.5 Å². The lowest BCUT2D eigenvalue weighted by Crippen LogP contribution is -2.32. The Morgan fingerprint density at radius 3 is 2.96 bits per heavy atom. The number of rotatable bonds is 6. The van der Waals surface area contributed by atoms with Gasteiger partial charge in [-0.2, -0.15) is 0 Å². The van der Waals surface area contributed by atoms with E-state index >= 15 is 0 Å². The van der Waals surface area contributed by atoms with Crippen LogP contribution < -0.4 is 10.1 Å². The van der Waals surface area contributed by atoms with Gasteiger partial charge in [-0.25, -0.2) is 4.98 Å². The Balaban J connectivity index is 1.58. The van der Waals surface area contributed by atoms with Crippen molar-refractivity contribution < 1.29 is 14.3 Å². The maximum atomic E-state index is 12.6. The molecule has 0 radical (unpaired) electrons. The quantitative estimate of drug-likeness (QED) is 0.840. The molecule has 1 fully saturated rings. The molecule has 26 heavy (non-hydrogen) atoms. The Labute approximate surface area is 152 Å². The number of aromatic nitrogens is 3. The second-order valence-corrected chi connectivity index (χ2v) is 6.21. The topological polar surface area (TPSA) is 89.3 Å². The summed E-state index contributed by atoms with van der Waals surface area (Å²) in [6.45, 7) is 5.69. The molecular weight excluding hydrogens is 334 g/mol. The van der Waals surface area contributed by atoms with Crippen molar-refractivity contribution in [3.05, 3.63) is 42.2 Å². The van der Waals surface area contributed by atoms with Crippen LogP contribution in [0.1, 0.15) is 36.6 Å². The molecular formula is C18H23N5O3. The lowest BCUT2D eigenvalue weighted by atomic mass is 10.3. The number of nitrogens with zero attached hydrogens (tertiary/aromatic N) is 4. The third-order valence-electron chi connectivity index (χ3n) is 4.29. The monoisotopic (exact) mass is 357 g/mol. The fourth-order valence-corrected chi connectivity index (χ4v) is 2.95. The fraction of sp³-hybridized carbons (Fsp3) is 0.444. The second kappa shape index (κ2) is 7.99. The summed E-state index contributed by atoms with van der Waals surface area (Å²) in [6.07, 6.45) is 5.81. The first-order chi connectivity index (χ1) is 12.6. The molecule has 2 aromatic heterocycles. The summed E-state index contributed by atoms with van der Waals surface area (Å²) in [6, 6.07) is 3.59. The lowest BCUT2D eigenvalue weighted by Gasteiger charge is -2.17. The molecule has 1 N–H and O–H groups in total. The van der Waals surface area contributed by atoms with E-state index in [0.29, 0.717) is 37.8 Å². The van der Waals surface area contributed by atoms with Crippen molar-refractivity contribution in [2.75, 3.05) is 13.1 Å². The highest BCUT2D eigenvalue weighted by atomic mass is 16.5. The fourth-order valence-electron chi connectivity index (χ4n) is 2.95. The summed E-state index contributed by atoms with van der Waals surface area (Å²) in [4.78, 5) is 33.8. The highest BCUT2D eigenvalue weighted by Gasteiger charge is 2.30. The maximum absolute atomic E-state index is 12.6. The maximum Gasteiger partial charge on any atom is 0.289 e. The summed E-state index contributed by atoms with van der Waals surface area (Å²) in [5.41, 5.74) is 0.730. The molecule has 1 saturated heterocycles. The minimum Gasteiger partial charge on any atom is -0.488 e. The van der Waals surface area contributed by atoms with Crippen molar-refractivity contribution in [3.63, 3.8) is 0 Å². The van der Waals surface area contributed by atoms with Gasteiger partial charge >= 0.3 is 0 Å². The van der Waals surface area contributed by atoms with Crippen molar-refractivity contribution >= 4 is 11.8 Å². The van der Waals surface area contributed by atoms with Gasteiger partial charge in [0.15, 0.2) is 5.82 Å². The van der Waals surface area contributed by atoms with E-state index in [2.05, 4.69) is 15.3 Å². The Morgan fingerprint density at radius 2 is 2.19 bits per heavy atom. The molecule has 0 saturated carbocycles. The molecule has 0 aromatic carbocycles. The van der Waals surface area contributed by atoms with Gasteiger partial charge in [0.05, 0.1) is 18.8 Å². The summed E-state index contributed by atoms with van der Waals surface area (Å²) >= 11 is 0. The molecule has 2 amide bonds. The van der Waals surface area contributed by atoms with E-state index in [1.54, 1.807) is 23.4 Å². The van der Waals surface area contributed by atoms with E-state index in [-0.39, 0.29) is 17.9 Å².